The molecule has 0 saturated heterocycles. The van der Waals surface area contributed by atoms with E-state index in [1.807, 2.05) is 0 Å². The van der Waals surface area contributed by atoms with Gasteiger partial charge in [0.05, 0.1) is 0 Å². The largest absolute Gasteiger partial charge is 0.399 e. The first kappa shape index (κ1) is 12.5. The SMILES string of the molecule is Nc1ccc(-c2cccc(F)c2S(=O)(=O)O)cc1. The maximum absolute atomic E-state index is 13.5. The van der Waals surface area contributed by atoms with Crippen molar-refractivity contribution < 1.29 is 17.4 Å². The molecule has 4 nitrogen and oxygen atoms in total. The molecule has 0 atom stereocenters. The van der Waals surface area contributed by atoms with Crippen molar-refractivity contribution in [1.29, 1.82) is 0 Å². The first-order valence-corrected chi connectivity index (χ1v) is 6.45. The number of rotatable bonds is 2. The van der Waals surface area contributed by atoms with E-state index in [-0.39, 0.29) is 5.56 Å². The van der Waals surface area contributed by atoms with E-state index in [9.17, 15) is 12.8 Å². The van der Waals surface area contributed by atoms with Gasteiger partial charge < -0.3 is 5.73 Å². The highest BCUT2D eigenvalue weighted by Crippen LogP contribution is 2.29. The Kier molecular flexibility index (Phi) is 3.06. The summed E-state index contributed by atoms with van der Waals surface area (Å²) in [7, 11) is -4.63. The van der Waals surface area contributed by atoms with Crippen LogP contribution in [-0.4, -0.2) is 13.0 Å². The Hall–Kier alpha value is -1.92. The van der Waals surface area contributed by atoms with E-state index in [1.54, 1.807) is 24.3 Å². The molecule has 0 bridgehead atoms. The minimum absolute atomic E-state index is 0.0949. The lowest BCUT2D eigenvalue weighted by Gasteiger charge is -2.08. The van der Waals surface area contributed by atoms with Crippen molar-refractivity contribution in [3.63, 3.8) is 0 Å². The second-order valence-electron chi connectivity index (χ2n) is 3.71. The number of halogens is 1. The molecule has 0 radical (unpaired) electrons. The molecular formula is C12H10FNO3S. The Bertz CT molecular complexity index is 681. The summed E-state index contributed by atoms with van der Waals surface area (Å²) in [5.41, 5.74) is 6.57. The number of nitrogens with two attached hydrogens (primary N) is 1. The number of anilines is 1. The molecule has 94 valence electrons. The monoisotopic (exact) mass is 267 g/mol. The van der Waals surface area contributed by atoms with Crippen LogP contribution in [0.25, 0.3) is 11.1 Å². The second-order valence-corrected chi connectivity index (χ2v) is 5.07. The summed E-state index contributed by atoms with van der Waals surface area (Å²) in [6, 6.07) is 10.00. The Balaban J connectivity index is 2.72. The van der Waals surface area contributed by atoms with E-state index in [2.05, 4.69) is 0 Å². The summed E-state index contributed by atoms with van der Waals surface area (Å²) in [4.78, 5) is -0.727. The van der Waals surface area contributed by atoms with Gasteiger partial charge in [0.1, 0.15) is 10.7 Å². The van der Waals surface area contributed by atoms with Gasteiger partial charge >= 0.3 is 0 Å². The standard InChI is InChI=1S/C12H10FNO3S/c13-11-3-1-2-10(12(11)18(15,16)17)8-4-6-9(14)7-5-8/h1-7H,14H2,(H,15,16,17). The average Bonchev–Trinajstić information content (AvgIpc) is 2.28. The van der Waals surface area contributed by atoms with Crippen LogP contribution in [0.1, 0.15) is 0 Å². The lowest BCUT2D eigenvalue weighted by molar-refractivity contribution is 0.474. The van der Waals surface area contributed by atoms with Gasteiger partial charge in [-0.1, -0.05) is 24.3 Å². The van der Waals surface area contributed by atoms with Crippen molar-refractivity contribution in [3.05, 3.63) is 48.3 Å². The van der Waals surface area contributed by atoms with E-state index in [1.165, 1.54) is 12.1 Å². The van der Waals surface area contributed by atoms with E-state index >= 15 is 0 Å². The summed E-state index contributed by atoms with van der Waals surface area (Å²) < 4.78 is 45.0. The Labute approximate surface area is 104 Å². The van der Waals surface area contributed by atoms with Crippen LogP contribution in [-0.2, 0) is 10.1 Å². The van der Waals surface area contributed by atoms with Crippen molar-refractivity contribution in [2.45, 2.75) is 4.90 Å². The number of nitrogen functional groups attached to an aromatic ring is 1. The fourth-order valence-corrected chi connectivity index (χ4v) is 2.44. The normalized spacial score (nSPS) is 11.4. The van der Waals surface area contributed by atoms with E-state index in [0.29, 0.717) is 11.3 Å². The van der Waals surface area contributed by atoms with E-state index in [4.69, 9.17) is 10.3 Å². The molecule has 2 aromatic rings. The van der Waals surface area contributed by atoms with Gasteiger partial charge in [-0.2, -0.15) is 8.42 Å². The smallest absolute Gasteiger partial charge is 0.298 e. The molecule has 0 saturated carbocycles. The van der Waals surface area contributed by atoms with Gasteiger partial charge in [-0.15, -0.1) is 0 Å². The van der Waals surface area contributed by atoms with Gasteiger partial charge in [-0.25, -0.2) is 4.39 Å². The molecule has 3 N–H and O–H groups in total. The van der Waals surface area contributed by atoms with Crippen molar-refractivity contribution in [3.8, 4) is 11.1 Å². The summed E-state index contributed by atoms with van der Waals surface area (Å²) in [5.74, 6) is -0.994. The quantitative estimate of drug-likeness (QED) is 0.646. The molecule has 2 rings (SSSR count). The van der Waals surface area contributed by atoms with Crippen LogP contribution in [0.2, 0.25) is 0 Å². The van der Waals surface area contributed by atoms with E-state index < -0.39 is 20.8 Å². The van der Waals surface area contributed by atoms with Gasteiger partial charge in [0, 0.05) is 11.3 Å². The molecule has 0 aliphatic heterocycles. The highest BCUT2D eigenvalue weighted by atomic mass is 32.2. The summed E-state index contributed by atoms with van der Waals surface area (Å²) >= 11 is 0. The second kappa shape index (κ2) is 4.40. The van der Waals surface area contributed by atoms with Gasteiger partial charge in [-0.3, -0.25) is 4.55 Å². The highest BCUT2D eigenvalue weighted by Gasteiger charge is 2.21. The molecule has 0 unspecified atom stereocenters. The maximum atomic E-state index is 13.5. The number of hydrogen-bond acceptors (Lipinski definition) is 3. The third-order valence-electron chi connectivity index (χ3n) is 2.45. The zero-order valence-electron chi connectivity index (χ0n) is 9.17. The Morgan fingerprint density at radius 3 is 2.22 bits per heavy atom. The van der Waals surface area contributed by atoms with Gasteiger partial charge in [0.15, 0.2) is 0 Å². The number of benzene rings is 2. The van der Waals surface area contributed by atoms with Gasteiger partial charge in [0.25, 0.3) is 10.1 Å². The zero-order chi connectivity index (χ0) is 13.3. The third-order valence-corrected chi connectivity index (χ3v) is 3.38. The molecule has 0 aliphatic carbocycles. The fourth-order valence-electron chi connectivity index (χ4n) is 1.66. The van der Waals surface area contributed by atoms with E-state index in [0.717, 1.165) is 6.07 Å². The van der Waals surface area contributed by atoms with Crippen LogP contribution in [0.3, 0.4) is 0 Å². The first-order chi connectivity index (χ1) is 8.39. The van der Waals surface area contributed by atoms with Crippen molar-refractivity contribution in [1.82, 2.24) is 0 Å². The molecule has 0 aromatic heterocycles. The lowest BCUT2D eigenvalue weighted by atomic mass is 10.1. The van der Waals surface area contributed by atoms with Crippen molar-refractivity contribution in [2.75, 3.05) is 5.73 Å². The van der Waals surface area contributed by atoms with Crippen LogP contribution >= 0.6 is 0 Å². The number of hydrogen-bond donors (Lipinski definition) is 2. The summed E-state index contributed by atoms with van der Waals surface area (Å²) in [5, 5.41) is 0. The van der Waals surface area contributed by atoms with Crippen LogP contribution in [0.15, 0.2) is 47.4 Å². The molecular weight excluding hydrogens is 257 g/mol. The average molecular weight is 267 g/mol. The predicted octanol–water partition coefficient (Wildman–Crippen LogP) is 2.32. The molecule has 2 aromatic carbocycles. The molecule has 6 heteroatoms. The molecule has 0 heterocycles. The highest BCUT2D eigenvalue weighted by molar-refractivity contribution is 7.86. The van der Waals surface area contributed by atoms with Crippen LogP contribution < -0.4 is 5.73 Å². The zero-order valence-corrected chi connectivity index (χ0v) is 9.99. The molecule has 0 spiro atoms. The minimum Gasteiger partial charge on any atom is -0.399 e. The molecule has 18 heavy (non-hydrogen) atoms. The topological polar surface area (TPSA) is 80.4 Å². The van der Waals surface area contributed by atoms with Crippen molar-refractivity contribution in [2.24, 2.45) is 0 Å². The summed E-state index contributed by atoms with van der Waals surface area (Å²) in [6.07, 6.45) is 0. The fraction of sp³-hybridized carbons (Fsp3) is 0. The lowest BCUT2D eigenvalue weighted by Crippen LogP contribution is -2.04. The Morgan fingerprint density at radius 2 is 1.67 bits per heavy atom. The Morgan fingerprint density at radius 1 is 1.06 bits per heavy atom. The molecule has 0 aliphatic rings. The maximum Gasteiger partial charge on any atom is 0.298 e. The van der Waals surface area contributed by atoms with Gasteiger partial charge in [0.2, 0.25) is 0 Å². The first-order valence-electron chi connectivity index (χ1n) is 5.01. The summed E-state index contributed by atoms with van der Waals surface area (Å²) in [6.45, 7) is 0. The third kappa shape index (κ3) is 2.34. The molecule has 0 amide bonds. The van der Waals surface area contributed by atoms with Crippen molar-refractivity contribution >= 4 is 15.8 Å². The molecule has 0 fully saturated rings. The predicted molar refractivity (Wildman–Crippen MR) is 66.1 cm³/mol. The van der Waals surface area contributed by atoms with Crippen LogP contribution in [0, 0.1) is 5.82 Å². The van der Waals surface area contributed by atoms with Gasteiger partial charge in [-0.05, 0) is 23.8 Å². The minimum atomic E-state index is -4.63. The van der Waals surface area contributed by atoms with Crippen LogP contribution in [0.5, 0.6) is 0 Å². The van der Waals surface area contributed by atoms with Crippen LogP contribution in [0.4, 0.5) is 10.1 Å².